The maximum absolute atomic E-state index is 11.8. The van der Waals surface area contributed by atoms with Gasteiger partial charge in [-0.05, 0) is 13.3 Å². The minimum Gasteiger partial charge on any atom is -0.480 e. The number of aliphatic carboxylic acids is 1. The first-order chi connectivity index (χ1) is 8.10. The van der Waals surface area contributed by atoms with Crippen molar-refractivity contribution in [2.45, 2.75) is 39.3 Å². The van der Waals surface area contributed by atoms with Gasteiger partial charge in [0.05, 0.1) is 0 Å². The Bertz CT molecular complexity index is 442. The molecule has 0 fully saturated rings. The van der Waals surface area contributed by atoms with Crippen LogP contribution >= 0.6 is 0 Å². The van der Waals surface area contributed by atoms with Gasteiger partial charge in [-0.3, -0.25) is 4.79 Å². The number of aryl methyl sites for hydroxylation is 1. The maximum atomic E-state index is 11.8. The Hall–Kier alpha value is -1.85. The molecule has 17 heavy (non-hydrogen) atoms. The van der Waals surface area contributed by atoms with Crippen molar-refractivity contribution < 1.29 is 9.90 Å². The molecule has 1 aromatic rings. The Morgan fingerprint density at radius 2 is 2.29 bits per heavy atom. The van der Waals surface area contributed by atoms with Crippen molar-refractivity contribution in [2.24, 2.45) is 0 Å². The summed E-state index contributed by atoms with van der Waals surface area (Å²) in [5, 5.41) is 11.7. The van der Waals surface area contributed by atoms with Gasteiger partial charge in [0.15, 0.2) is 5.82 Å². The minimum absolute atomic E-state index is 0.0928. The standard InChI is InChI=1S/C11H17N3O3/c1-3-5-8(11(16)17)13-9-10(15)14(4-2)7-6-12-9/h6-8H,3-5H2,1-2H3,(H,12,13)(H,16,17). The fourth-order valence-electron chi connectivity index (χ4n) is 1.51. The van der Waals surface area contributed by atoms with Crippen LogP contribution in [-0.4, -0.2) is 26.7 Å². The zero-order chi connectivity index (χ0) is 12.8. The molecule has 1 heterocycles. The summed E-state index contributed by atoms with van der Waals surface area (Å²) in [6.45, 7) is 4.26. The van der Waals surface area contributed by atoms with Crippen LogP contribution in [0.5, 0.6) is 0 Å². The molecule has 0 aliphatic rings. The zero-order valence-corrected chi connectivity index (χ0v) is 10.0. The summed E-state index contributed by atoms with van der Waals surface area (Å²) in [6.07, 6.45) is 4.23. The van der Waals surface area contributed by atoms with Gasteiger partial charge in [-0.2, -0.15) is 0 Å². The van der Waals surface area contributed by atoms with Gasteiger partial charge >= 0.3 is 5.97 Å². The van der Waals surface area contributed by atoms with Gasteiger partial charge in [-0.15, -0.1) is 0 Å². The van der Waals surface area contributed by atoms with E-state index in [0.29, 0.717) is 13.0 Å². The molecule has 0 spiro atoms. The number of nitrogens with one attached hydrogen (secondary N) is 1. The van der Waals surface area contributed by atoms with Gasteiger partial charge in [0.25, 0.3) is 5.56 Å². The Morgan fingerprint density at radius 1 is 1.59 bits per heavy atom. The lowest BCUT2D eigenvalue weighted by atomic mass is 10.2. The number of rotatable bonds is 6. The molecule has 0 aliphatic heterocycles. The Kier molecular flexibility index (Phi) is 4.68. The highest BCUT2D eigenvalue weighted by Crippen LogP contribution is 2.03. The fraction of sp³-hybridized carbons (Fsp3) is 0.545. The molecule has 0 aromatic carbocycles. The quantitative estimate of drug-likeness (QED) is 0.771. The van der Waals surface area contributed by atoms with Gasteiger partial charge in [-0.25, -0.2) is 9.78 Å². The number of anilines is 1. The monoisotopic (exact) mass is 239 g/mol. The Labute approximate surface area is 99.3 Å². The molecule has 1 rings (SSSR count). The van der Waals surface area contributed by atoms with Crippen molar-refractivity contribution in [2.75, 3.05) is 5.32 Å². The van der Waals surface area contributed by atoms with E-state index in [1.54, 1.807) is 6.20 Å². The predicted molar refractivity (Wildman–Crippen MR) is 64.1 cm³/mol. The summed E-state index contributed by atoms with van der Waals surface area (Å²) >= 11 is 0. The van der Waals surface area contributed by atoms with E-state index in [4.69, 9.17) is 5.11 Å². The first kappa shape index (κ1) is 13.2. The molecule has 0 aliphatic carbocycles. The van der Waals surface area contributed by atoms with Gasteiger partial charge in [0.1, 0.15) is 6.04 Å². The van der Waals surface area contributed by atoms with E-state index < -0.39 is 12.0 Å². The molecule has 0 saturated heterocycles. The van der Waals surface area contributed by atoms with E-state index in [1.807, 2.05) is 13.8 Å². The number of aromatic nitrogens is 2. The van der Waals surface area contributed by atoms with Gasteiger partial charge in [0, 0.05) is 18.9 Å². The molecule has 0 amide bonds. The van der Waals surface area contributed by atoms with Gasteiger partial charge in [0.2, 0.25) is 0 Å². The lowest BCUT2D eigenvalue weighted by Gasteiger charge is -2.14. The van der Waals surface area contributed by atoms with E-state index in [1.165, 1.54) is 10.8 Å². The molecule has 94 valence electrons. The molecule has 6 nitrogen and oxygen atoms in total. The van der Waals surface area contributed by atoms with E-state index in [9.17, 15) is 9.59 Å². The lowest BCUT2D eigenvalue weighted by molar-refractivity contribution is -0.138. The third-order valence-corrected chi connectivity index (χ3v) is 2.44. The number of hydrogen-bond donors (Lipinski definition) is 2. The maximum Gasteiger partial charge on any atom is 0.326 e. The lowest BCUT2D eigenvalue weighted by Crippen LogP contribution is -2.34. The molecule has 1 unspecified atom stereocenters. The smallest absolute Gasteiger partial charge is 0.326 e. The highest BCUT2D eigenvalue weighted by atomic mass is 16.4. The number of nitrogens with zero attached hydrogens (tertiary/aromatic N) is 2. The van der Waals surface area contributed by atoms with Crippen molar-refractivity contribution in [3.8, 4) is 0 Å². The molecule has 6 heteroatoms. The number of hydrogen-bond acceptors (Lipinski definition) is 4. The fourth-order valence-corrected chi connectivity index (χ4v) is 1.51. The summed E-state index contributed by atoms with van der Waals surface area (Å²) in [4.78, 5) is 26.7. The molecule has 2 N–H and O–H groups in total. The summed E-state index contributed by atoms with van der Waals surface area (Å²) in [6, 6.07) is -0.770. The first-order valence-corrected chi connectivity index (χ1v) is 5.64. The molecular formula is C11H17N3O3. The molecule has 0 bridgehead atoms. The number of carbonyl (C=O) groups is 1. The van der Waals surface area contributed by atoms with Crippen molar-refractivity contribution in [1.29, 1.82) is 0 Å². The van der Waals surface area contributed by atoms with Gasteiger partial charge in [-0.1, -0.05) is 13.3 Å². The van der Waals surface area contributed by atoms with Crippen molar-refractivity contribution in [3.63, 3.8) is 0 Å². The molecule has 0 saturated carbocycles. The molecule has 1 atom stereocenters. The van der Waals surface area contributed by atoms with Crippen LogP contribution in [0.1, 0.15) is 26.7 Å². The number of carboxylic acid groups (broad SMARTS) is 1. The molecule has 0 radical (unpaired) electrons. The second-order valence-electron chi connectivity index (χ2n) is 3.69. The van der Waals surface area contributed by atoms with Crippen LogP contribution in [0.2, 0.25) is 0 Å². The van der Waals surface area contributed by atoms with E-state index in [-0.39, 0.29) is 11.4 Å². The average molecular weight is 239 g/mol. The molecular weight excluding hydrogens is 222 g/mol. The summed E-state index contributed by atoms with van der Waals surface area (Å²) in [7, 11) is 0. The van der Waals surface area contributed by atoms with Crippen LogP contribution in [0, 0.1) is 0 Å². The topological polar surface area (TPSA) is 84.2 Å². The average Bonchev–Trinajstić information content (AvgIpc) is 2.30. The Morgan fingerprint density at radius 3 is 2.82 bits per heavy atom. The highest BCUT2D eigenvalue weighted by Gasteiger charge is 2.18. The van der Waals surface area contributed by atoms with Crippen LogP contribution in [0.3, 0.4) is 0 Å². The normalized spacial score (nSPS) is 12.1. The second kappa shape index (κ2) is 6.03. The van der Waals surface area contributed by atoms with Crippen LogP contribution in [0.15, 0.2) is 17.2 Å². The zero-order valence-electron chi connectivity index (χ0n) is 10.0. The largest absolute Gasteiger partial charge is 0.480 e. The van der Waals surface area contributed by atoms with Crippen LogP contribution < -0.4 is 10.9 Å². The summed E-state index contributed by atoms with van der Waals surface area (Å²) in [5.74, 6) is -0.879. The molecule has 1 aromatic heterocycles. The summed E-state index contributed by atoms with van der Waals surface area (Å²) < 4.78 is 1.47. The van der Waals surface area contributed by atoms with Gasteiger partial charge < -0.3 is 15.0 Å². The van der Waals surface area contributed by atoms with E-state index in [0.717, 1.165) is 6.42 Å². The minimum atomic E-state index is -0.972. The van der Waals surface area contributed by atoms with Crippen LogP contribution in [0.25, 0.3) is 0 Å². The third-order valence-electron chi connectivity index (χ3n) is 2.44. The van der Waals surface area contributed by atoms with Crippen molar-refractivity contribution in [1.82, 2.24) is 9.55 Å². The van der Waals surface area contributed by atoms with Crippen molar-refractivity contribution in [3.05, 3.63) is 22.7 Å². The first-order valence-electron chi connectivity index (χ1n) is 5.64. The SMILES string of the molecule is CCCC(Nc1nccn(CC)c1=O)C(=O)O. The predicted octanol–water partition coefficient (Wildman–Crippen LogP) is 0.928. The highest BCUT2D eigenvalue weighted by molar-refractivity contribution is 5.76. The third kappa shape index (κ3) is 3.30. The Balaban J connectivity index is 2.93. The van der Waals surface area contributed by atoms with E-state index >= 15 is 0 Å². The van der Waals surface area contributed by atoms with Crippen LogP contribution in [-0.2, 0) is 11.3 Å². The van der Waals surface area contributed by atoms with E-state index in [2.05, 4.69) is 10.3 Å². The number of carboxylic acids is 1. The summed E-state index contributed by atoms with van der Waals surface area (Å²) in [5.41, 5.74) is -0.294. The van der Waals surface area contributed by atoms with Crippen molar-refractivity contribution >= 4 is 11.8 Å². The van der Waals surface area contributed by atoms with Crippen LogP contribution in [0.4, 0.5) is 5.82 Å². The second-order valence-corrected chi connectivity index (χ2v) is 3.69.